The van der Waals surface area contributed by atoms with E-state index in [0.717, 1.165) is 31.1 Å². The molecule has 3 aliphatic carbocycles. The van der Waals surface area contributed by atoms with Crippen LogP contribution in [0, 0.1) is 11.8 Å². The predicted molar refractivity (Wildman–Crippen MR) is 56.6 cm³/mol. The maximum absolute atomic E-state index is 11.4. The smallest absolute Gasteiger partial charge is 0.324 e. The van der Waals surface area contributed by atoms with Gasteiger partial charge in [-0.1, -0.05) is 0 Å². The van der Waals surface area contributed by atoms with Crippen molar-refractivity contribution in [2.45, 2.75) is 50.1 Å². The van der Waals surface area contributed by atoms with Crippen LogP contribution in [0.2, 0.25) is 0 Å². The highest BCUT2D eigenvalue weighted by Gasteiger charge is 2.56. The molecule has 3 fully saturated rings. The van der Waals surface area contributed by atoms with Crippen LogP contribution in [-0.4, -0.2) is 34.6 Å². The minimum atomic E-state index is -0.597. The van der Waals surface area contributed by atoms with Crippen LogP contribution in [-0.2, 0) is 4.79 Å². The van der Waals surface area contributed by atoms with Crippen LogP contribution in [0.3, 0.4) is 0 Å². The number of carbonyl (C=O) groups is 1. The Morgan fingerprint density at radius 2 is 2.13 bits per heavy atom. The number of hydrogen-bond acceptors (Lipinski definition) is 2. The van der Waals surface area contributed by atoms with Gasteiger partial charge in [0.15, 0.2) is 0 Å². The summed E-state index contributed by atoms with van der Waals surface area (Å²) in [5.41, 5.74) is -0.498. The molecule has 0 aromatic rings. The normalized spacial score (nSPS) is 41.1. The molecule has 3 rings (SSSR count). The van der Waals surface area contributed by atoms with Gasteiger partial charge in [0, 0.05) is 6.04 Å². The second-order valence-electron chi connectivity index (χ2n) is 5.61. The van der Waals surface area contributed by atoms with Gasteiger partial charge in [-0.3, -0.25) is 9.69 Å². The average Bonchev–Trinajstić information content (AvgIpc) is 2.75. The molecule has 3 nitrogen and oxygen atoms in total. The molecule has 0 amide bonds. The minimum Gasteiger partial charge on any atom is -0.480 e. The Bertz CT molecular complexity index is 298. The summed E-state index contributed by atoms with van der Waals surface area (Å²) in [7, 11) is 2.04. The number of rotatable bonds is 3. The van der Waals surface area contributed by atoms with E-state index in [1.54, 1.807) is 0 Å². The average molecular weight is 209 g/mol. The molecule has 15 heavy (non-hydrogen) atoms. The molecule has 0 radical (unpaired) electrons. The Hall–Kier alpha value is -0.570. The molecular weight excluding hydrogens is 190 g/mol. The van der Waals surface area contributed by atoms with Gasteiger partial charge in [0.25, 0.3) is 0 Å². The first-order chi connectivity index (χ1) is 7.15. The van der Waals surface area contributed by atoms with E-state index in [0.29, 0.717) is 6.04 Å². The zero-order chi connectivity index (χ0) is 10.6. The van der Waals surface area contributed by atoms with Crippen LogP contribution in [0.5, 0.6) is 0 Å². The van der Waals surface area contributed by atoms with Gasteiger partial charge in [0.2, 0.25) is 0 Å². The second kappa shape index (κ2) is 2.97. The molecule has 0 saturated heterocycles. The largest absolute Gasteiger partial charge is 0.480 e. The molecule has 3 saturated carbocycles. The van der Waals surface area contributed by atoms with Crippen molar-refractivity contribution in [2.75, 3.05) is 7.05 Å². The first kappa shape index (κ1) is 9.64. The predicted octanol–water partition coefficient (Wildman–Crippen LogP) is 1.72. The van der Waals surface area contributed by atoms with Crippen molar-refractivity contribution in [1.29, 1.82) is 0 Å². The molecule has 0 bridgehead atoms. The van der Waals surface area contributed by atoms with Gasteiger partial charge < -0.3 is 5.11 Å². The molecule has 84 valence electrons. The highest BCUT2D eigenvalue weighted by atomic mass is 16.4. The lowest BCUT2D eigenvalue weighted by atomic mass is 9.74. The summed E-state index contributed by atoms with van der Waals surface area (Å²) in [5.74, 6) is 1.16. The third-order valence-electron chi connectivity index (χ3n) is 5.06. The van der Waals surface area contributed by atoms with E-state index in [1.165, 1.54) is 19.3 Å². The number of nitrogens with zero attached hydrogens (tertiary/aromatic N) is 1. The van der Waals surface area contributed by atoms with Gasteiger partial charge in [-0.15, -0.1) is 0 Å². The zero-order valence-electron chi connectivity index (χ0n) is 9.28. The summed E-state index contributed by atoms with van der Waals surface area (Å²) in [6.45, 7) is 0. The Kier molecular flexibility index (Phi) is 1.91. The number of likely N-dealkylation sites (N-methyl/N-ethyl adjacent to an activating group) is 1. The van der Waals surface area contributed by atoms with E-state index in [2.05, 4.69) is 4.90 Å². The van der Waals surface area contributed by atoms with Gasteiger partial charge in [0.05, 0.1) is 0 Å². The fourth-order valence-electron chi connectivity index (χ4n) is 3.70. The van der Waals surface area contributed by atoms with Gasteiger partial charge in [-0.25, -0.2) is 0 Å². The summed E-state index contributed by atoms with van der Waals surface area (Å²) >= 11 is 0. The van der Waals surface area contributed by atoms with Crippen molar-refractivity contribution in [3.8, 4) is 0 Å². The number of carboxylic acid groups (broad SMARTS) is 1. The molecule has 3 atom stereocenters. The Labute approximate surface area is 90.5 Å². The molecule has 1 N–H and O–H groups in total. The highest BCUT2D eigenvalue weighted by Crippen LogP contribution is 2.55. The lowest BCUT2D eigenvalue weighted by molar-refractivity contribution is -0.159. The van der Waals surface area contributed by atoms with Crippen molar-refractivity contribution in [3.05, 3.63) is 0 Å². The summed E-state index contributed by atoms with van der Waals surface area (Å²) in [4.78, 5) is 13.6. The van der Waals surface area contributed by atoms with Crippen LogP contribution in [0.4, 0.5) is 0 Å². The first-order valence-electron chi connectivity index (χ1n) is 6.11. The van der Waals surface area contributed by atoms with Crippen molar-refractivity contribution >= 4 is 5.97 Å². The number of carboxylic acids is 1. The van der Waals surface area contributed by atoms with Crippen molar-refractivity contribution in [3.63, 3.8) is 0 Å². The summed E-state index contributed by atoms with van der Waals surface area (Å²) < 4.78 is 0. The maximum atomic E-state index is 11.4. The minimum absolute atomic E-state index is 0.498. The Morgan fingerprint density at radius 1 is 1.40 bits per heavy atom. The monoisotopic (exact) mass is 209 g/mol. The molecule has 0 spiro atoms. The third kappa shape index (κ3) is 1.19. The summed E-state index contributed by atoms with van der Waals surface area (Å²) in [6, 6.07) is 0.561. The van der Waals surface area contributed by atoms with E-state index in [9.17, 15) is 9.90 Å². The maximum Gasteiger partial charge on any atom is 0.324 e. The van der Waals surface area contributed by atoms with E-state index in [-0.39, 0.29) is 0 Å². The molecule has 0 heterocycles. The fourth-order valence-corrected chi connectivity index (χ4v) is 3.70. The standard InChI is InChI=1S/C12H19NO2/c1-13(10-4-3-8-7-9(8)10)12(11(14)15)5-2-6-12/h8-10H,2-7H2,1H3,(H,14,15). The quantitative estimate of drug-likeness (QED) is 0.769. The molecule has 0 aromatic heterocycles. The molecule has 3 heteroatoms. The van der Waals surface area contributed by atoms with Crippen molar-refractivity contribution in [2.24, 2.45) is 11.8 Å². The van der Waals surface area contributed by atoms with E-state index in [1.807, 2.05) is 7.05 Å². The SMILES string of the molecule is CN(C1CCC2CC21)C1(C(=O)O)CCC1. The summed E-state index contributed by atoms with van der Waals surface area (Å²) in [6.07, 6.45) is 6.69. The van der Waals surface area contributed by atoms with E-state index < -0.39 is 11.5 Å². The fraction of sp³-hybridized carbons (Fsp3) is 0.917. The van der Waals surface area contributed by atoms with Crippen LogP contribution in [0.15, 0.2) is 0 Å². The van der Waals surface area contributed by atoms with Gasteiger partial charge in [-0.05, 0) is 57.4 Å². The lowest BCUT2D eigenvalue weighted by Gasteiger charge is -2.48. The van der Waals surface area contributed by atoms with E-state index in [4.69, 9.17) is 0 Å². The first-order valence-corrected chi connectivity index (χ1v) is 6.11. The van der Waals surface area contributed by atoms with Crippen LogP contribution in [0.1, 0.15) is 38.5 Å². The molecule has 3 unspecified atom stereocenters. The highest BCUT2D eigenvalue weighted by molar-refractivity contribution is 5.80. The second-order valence-corrected chi connectivity index (χ2v) is 5.61. The molecular formula is C12H19NO2. The lowest BCUT2D eigenvalue weighted by Crippen LogP contribution is -2.60. The molecule has 0 aromatic carbocycles. The van der Waals surface area contributed by atoms with Crippen LogP contribution in [0.25, 0.3) is 0 Å². The van der Waals surface area contributed by atoms with Crippen molar-refractivity contribution in [1.82, 2.24) is 4.90 Å². The van der Waals surface area contributed by atoms with Crippen molar-refractivity contribution < 1.29 is 9.90 Å². The van der Waals surface area contributed by atoms with Crippen LogP contribution >= 0.6 is 0 Å². The summed E-state index contributed by atoms with van der Waals surface area (Å²) in [5, 5.41) is 9.37. The number of fused-ring (bicyclic) bond motifs is 1. The zero-order valence-corrected chi connectivity index (χ0v) is 9.28. The Balaban J connectivity index is 1.77. The third-order valence-corrected chi connectivity index (χ3v) is 5.06. The molecule has 3 aliphatic rings. The van der Waals surface area contributed by atoms with E-state index >= 15 is 0 Å². The van der Waals surface area contributed by atoms with Crippen LogP contribution < -0.4 is 0 Å². The van der Waals surface area contributed by atoms with Gasteiger partial charge >= 0.3 is 5.97 Å². The van der Waals surface area contributed by atoms with Gasteiger partial charge in [-0.2, -0.15) is 0 Å². The number of hydrogen-bond donors (Lipinski definition) is 1. The topological polar surface area (TPSA) is 40.5 Å². The Morgan fingerprint density at radius 3 is 2.47 bits per heavy atom. The molecule has 0 aliphatic heterocycles. The number of aliphatic carboxylic acids is 1. The van der Waals surface area contributed by atoms with Gasteiger partial charge in [0.1, 0.15) is 5.54 Å².